The number of carboxylic acid groups (broad SMARTS) is 1. The Morgan fingerprint density at radius 3 is 2.79 bits per heavy atom. The lowest BCUT2D eigenvalue weighted by molar-refractivity contribution is -0.146. The molecule has 1 amide bonds. The topological polar surface area (TPSA) is 98.7 Å². The largest absolute Gasteiger partial charge is 0.479 e. The minimum Gasteiger partial charge on any atom is -0.479 e. The summed E-state index contributed by atoms with van der Waals surface area (Å²) in [6.07, 6.45) is -0.761. The molecule has 1 fully saturated rings. The Balaban J connectivity index is 2.23. The van der Waals surface area contributed by atoms with Crippen LogP contribution in [0.3, 0.4) is 0 Å². The molecule has 4 N–H and O–H groups in total. The van der Waals surface area contributed by atoms with Crippen molar-refractivity contribution in [1.29, 1.82) is 0 Å². The quantitative estimate of drug-likeness (QED) is 0.429. The van der Waals surface area contributed by atoms with Gasteiger partial charge in [-0.05, 0) is 13.0 Å². The Hall–Kier alpha value is -1.14. The van der Waals surface area contributed by atoms with E-state index in [2.05, 4.69) is 10.6 Å². The highest BCUT2D eigenvalue weighted by Gasteiger charge is 2.23. The Morgan fingerprint density at radius 2 is 2.29 bits per heavy atom. The maximum absolute atomic E-state index is 11.3. The van der Waals surface area contributed by atoms with Gasteiger partial charge < -0.3 is 20.8 Å². The van der Waals surface area contributed by atoms with E-state index in [-0.39, 0.29) is 18.4 Å². The molecule has 0 aromatic carbocycles. The van der Waals surface area contributed by atoms with Gasteiger partial charge in [0.1, 0.15) is 0 Å². The second kappa shape index (κ2) is 4.92. The molecule has 1 saturated heterocycles. The molecule has 2 atom stereocenters. The van der Waals surface area contributed by atoms with Crippen LogP contribution in [0.2, 0.25) is 0 Å². The molecule has 0 bridgehead atoms. The van der Waals surface area contributed by atoms with Crippen LogP contribution >= 0.6 is 0 Å². The molecular weight excluding hydrogens is 188 g/mol. The average Bonchev–Trinajstić information content (AvgIpc) is 2.66. The zero-order chi connectivity index (χ0) is 10.6. The van der Waals surface area contributed by atoms with E-state index in [0.717, 1.165) is 13.0 Å². The van der Waals surface area contributed by atoms with Crippen LogP contribution in [0, 0.1) is 5.92 Å². The van der Waals surface area contributed by atoms with Gasteiger partial charge >= 0.3 is 5.97 Å². The van der Waals surface area contributed by atoms with Gasteiger partial charge in [-0.25, -0.2) is 4.79 Å². The van der Waals surface area contributed by atoms with Crippen molar-refractivity contribution in [2.24, 2.45) is 5.92 Å². The van der Waals surface area contributed by atoms with E-state index in [1.165, 1.54) is 0 Å². The highest BCUT2D eigenvalue weighted by atomic mass is 16.4. The molecule has 0 aromatic heterocycles. The van der Waals surface area contributed by atoms with E-state index in [4.69, 9.17) is 10.2 Å². The summed E-state index contributed by atoms with van der Waals surface area (Å²) in [7, 11) is 0. The van der Waals surface area contributed by atoms with E-state index >= 15 is 0 Å². The molecule has 0 aliphatic carbocycles. The fourth-order valence-corrected chi connectivity index (χ4v) is 1.31. The van der Waals surface area contributed by atoms with Crippen LogP contribution in [0.4, 0.5) is 0 Å². The van der Waals surface area contributed by atoms with Crippen LogP contribution in [0.25, 0.3) is 0 Å². The number of carboxylic acids is 1. The van der Waals surface area contributed by atoms with Crippen LogP contribution in [0.15, 0.2) is 0 Å². The van der Waals surface area contributed by atoms with E-state index in [0.29, 0.717) is 6.54 Å². The predicted molar refractivity (Wildman–Crippen MR) is 47.6 cm³/mol. The summed E-state index contributed by atoms with van der Waals surface area (Å²) in [5.74, 6) is -1.62. The van der Waals surface area contributed by atoms with E-state index < -0.39 is 12.1 Å². The van der Waals surface area contributed by atoms with Crippen molar-refractivity contribution in [3.8, 4) is 0 Å². The van der Waals surface area contributed by atoms with Crippen LogP contribution in [-0.4, -0.2) is 47.8 Å². The summed E-state index contributed by atoms with van der Waals surface area (Å²) in [5, 5.41) is 22.7. The molecule has 14 heavy (non-hydrogen) atoms. The number of aliphatic hydroxyl groups is 1. The Labute approximate surface area is 81.3 Å². The zero-order valence-corrected chi connectivity index (χ0v) is 7.69. The van der Waals surface area contributed by atoms with Crippen molar-refractivity contribution < 1.29 is 19.8 Å². The molecule has 1 rings (SSSR count). The summed E-state index contributed by atoms with van der Waals surface area (Å²) in [4.78, 5) is 21.5. The monoisotopic (exact) mass is 202 g/mol. The first kappa shape index (κ1) is 10.9. The van der Waals surface area contributed by atoms with Crippen molar-refractivity contribution in [3.05, 3.63) is 0 Å². The fraction of sp³-hybridized carbons (Fsp3) is 0.750. The molecule has 80 valence electrons. The normalized spacial score (nSPS) is 23.1. The van der Waals surface area contributed by atoms with Gasteiger partial charge in [0.2, 0.25) is 5.91 Å². The minimum atomic E-state index is -1.52. The van der Waals surface area contributed by atoms with Gasteiger partial charge in [-0.15, -0.1) is 0 Å². The Morgan fingerprint density at radius 1 is 1.57 bits per heavy atom. The predicted octanol–water partition coefficient (Wildman–Crippen LogP) is -1.84. The molecule has 0 spiro atoms. The van der Waals surface area contributed by atoms with Gasteiger partial charge in [-0.2, -0.15) is 0 Å². The first-order valence-electron chi connectivity index (χ1n) is 4.50. The fourth-order valence-electron chi connectivity index (χ4n) is 1.31. The van der Waals surface area contributed by atoms with Crippen LogP contribution in [0.1, 0.15) is 6.42 Å². The van der Waals surface area contributed by atoms with Crippen molar-refractivity contribution in [1.82, 2.24) is 10.6 Å². The van der Waals surface area contributed by atoms with Crippen molar-refractivity contribution in [3.63, 3.8) is 0 Å². The smallest absolute Gasteiger partial charge is 0.334 e. The Bertz CT molecular complexity index is 225. The molecule has 6 nitrogen and oxygen atoms in total. The maximum atomic E-state index is 11.3. The summed E-state index contributed by atoms with van der Waals surface area (Å²) in [6, 6.07) is 0. The standard InChI is InChI=1S/C8H14N2O4/c11-6(8(13)14)4-10-7(12)5-1-2-9-3-5/h5-6,9,11H,1-4H2,(H,10,12)(H,13,14). The lowest BCUT2D eigenvalue weighted by atomic mass is 10.1. The van der Waals surface area contributed by atoms with E-state index in [1.807, 2.05) is 0 Å². The summed E-state index contributed by atoms with van der Waals surface area (Å²) in [6.45, 7) is 1.19. The highest BCUT2D eigenvalue weighted by molar-refractivity contribution is 5.80. The molecule has 6 heteroatoms. The van der Waals surface area contributed by atoms with Gasteiger partial charge in [0.25, 0.3) is 0 Å². The number of nitrogens with one attached hydrogen (secondary N) is 2. The SMILES string of the molecule is O=C(O)C(O)CNC(=O)C1CCNC1. The first-order chi connectivity index (χ1) is 6.61. The zero-order valence-electron chi connectivity index (χ0n) is 7.69. The van der Waals surface area contributed by atoms with Crippen molar-refractivity contribution in [2.45, 2.75) is 12.5 Å². The van der Waals surface area contributed by atoms with Gasteiger partial charge in [0.05, 0.1) is 12.5 Å². The molecule has 2 unspecified atom stereocenters. The molecule has 0 saturated carbocycles. The van der Waals surface area contributed by atoms with Gasteiger partial charge in [0.15, 0.2) is 6.10 Å². The molecular formula is C8H14N2O4. The lowest BCUT2D eigenvalue weighted by Gasteiger charge is -2.11. The van der Waals surface area contributed by atoms with Gasteiger partial charge in [-0.1, -0.05) is 0 Å². The molecule has 1 aliphatic heterocycles. The number of carbonyl (C=O) groups excluding carboxylic acids is 1. The number of aliphatic hydroxyl groups excluding tert-OH is 1. The van der Waals surface area contributed by atoms with Crippen LogP contribution in [0.5, 0.6) is 0 Å². The van der Waals surface area contributed by atoms with Crippen LogP contribution < -0.4 is 10.6 Å². The van der Waals surface area contributed by atoms with E-state index in [9.17, 15) is 9.59 Å². The summed E-state index contributed by atoms with van der Waals surface area (Å²) < 4.78 is 0. The minimum absolute atomic E-state index is 0.101. The second-order valence-corrected chi connectivity index (χ2v) is 3.29. The highest BCUT2D eigenvalue weighted by Crippen LogP contribution is 2.06. The number of hydrogen-bond donors (Lipinski definition) is 4. The van der Waals surface area contributed by atoms with Crippen LogP contribution in [-0.2, 0) is 9.59 Å². The number of hydrogen-bond acceptors (Lipinski definition) is 4. The third-order valence-electron chi connectivity index (χ3n) is 2.19. The van der Waals surface area contributed by atoms with E-state index in [1.54, 1.807) is 0 Å². The molecule has 1 aliphatic rings. The number of carbonyl (C=O) groups is 2. The average molecular weight is 202 g/mol. The Kier molecular flexibility index (Phi) is 3.84. The molecule has 0 aromatic rings. The summed E-state index contributed by atoms with van der Waals surface area (Å²) >= 11 is 0. The van der Waals surface area contributed by atoms with Gasteiger partial charge in [-0.3, -0.25) is 4.79 Å². The first-order valence-corrected chi connectivity index (χ1v) is 4.50. The maximum Gasteiger partial charge on any atom is 0.334 e. The molecule has 0 radical (unpaired) electrons. The van der Waals surface area contributed by atoms with Crippen molar-refractivity contribution in [2.75, 3.05) is 19.6 Å². The second-order valence-electron chi connectivity index (χ2n) is 3.29. The number of rotatable bonds is 4. The number of aliphatic carboxylic acids is 1. The van der Waals surface area contributed by atoms with Gasteiger partial charge in [0, 0.05) is 6.54 Å². The third-order valence-corrected chi connectivity index (χ3v) is 2.19. The third kappa shape index (κ3) is 2.97. The summed E-state index contributed by atoms with van der Waals surface area (Å²) in [5.41, 5.74) is 0. The molecule has 1 heterocycles. The number of amides is 1. The lowest BCUT2D eigenvalue weighted by Crippen LogP contribution is -2.39. The van der Waals surface area contributed by atoms with Crippen molar-refractivity contribution >= 4 is 11.9 Å².